The molecule has 1 heterocycles. The molecule has 2 atom stereocenters. The molecule has 0 bridgehead atoms. The smallest absolute Gasteiger partial charge is 0.275 e. The zero-order valence-corrected chi connectivity index (χ0v) is 12.7. The van der Waals surface area contributed by atoms with E-state index in [2.05, 4.69) is 12.2 Å². The first-order chi connectivity index (χ1) is 9.95. The summed E-state index contributed by atoms with van der Waals surface area (Å²) < 4.78 is 11.0. The number of hydrogen-bond donors (Lipinski definition) is 1. The second-order valence-electron chi connectivity index (χ2n) is 5.70. The molecule has 1 aliphatic rings. The van der Waals surface area contributed by atoms with Crippen LogP contribution in [0.5, 0.6) is 5.75 Å². The number of non-ortho nitro benzene ring substituents is 1. The Kier molecular flexibility index (Phi) is 5.01. The highest BCUT2D eigenvalue weighted by molar-refractivity contribution is 5.56. The van der Waals surface area contributed by atoms with Crippen molar-refractivity contribution in [2.24, 2.45) is 5.92 Å². The molecule has 21 heavy (non-hydrogen) atoms. The van der Waals surface area contributed by atoms with Crippen molar-refractivity contribution in [3.8, 4) is 5.75 Å². The molecular formula is C15H22N2O4. The molecule has 1 aromatic rings. The van der Waals surface area contributed by atoms with E-state index in [0.717, 1.165) is 19.6 Å². The van der Waals surface area contributed by atoms with Crippen LogP contribution in [0.15, 0.2) is 18.2 Å². The Labute approximate surface area is 124 Å². The van der Waals surface area contributed by atoms with Gasteiger partial charge in [0.05, 0.1) is 23.7 Å². The van der Waals surface area contributed by atoms with Gasteiger partial charge in [0, 0.05) is 36.4 Å². The van der Waals surface area contributed by atoms with Crippen LogP contribution < -0.4 is 10.1 Å². The lowest BCUT2D eigenvalue weighted by atomic mass is 10.0. The zero-order chi connectivity index (χ0) is 15.4. The maximum Gasteiger partial charge on any atom is 0.275 e. The van der Waals surface area contributed by atoms with Gasteiger partial charge in [0.2, 0.25) is 0 Å². The average Bonchev–Trinajstić information content (AvgIpc) is 2.91. The molecule has 1 N–H and O–H groups in total. The SMILES string of the molecule is CC(C)Oc1cc(NC(C)C2CCOC2)cc([N+](=O)[O-])c1. The summed E-state index contributed by atoms with van der Waals surface area (Å²) in [4.78, 5) is 10.6. The molecule has 0 aromatic heterocycles. The Morgan fingerprint density at radius 2 is 2.14 bits per heavy atom. The van der Waals surface area contributed by atoms with E-state index in [0.29, 0.717) is 17.4 Å². The Balaban J connectivity index is 2.16. The molecule has 116 valence electrons. The third-order valence-electron chi connectivity index (χ3n) is 3.54. The van der Waals surface area contributed by atoms with E-state index in [4.69, 9.17) is 9.47 Å². The summed E-state index contributed by atoms with van der Waals surface area (Å²) in [6.45, 7) is 7.38. The van der Waals surface area contributed by atoms with Gasteiger partial charge in [-0.25, -0.2) is 0 Å². The zero-order valence-electron chi connectivity index (χ0n) is 12.7. The molecule has 1 aromatic carbocycles. The predicted molar refractivity (Wildman–Crippen MR) is 80.9 cm³/mol. The highest BCUT2D eigenvalue weighted by atomic mass is 16.6. The number of nitrogens with zero attached hydrogens (tertiary/aromatic N) is 1. The lowest BCUT2D eigenvalue weighted by Crippen LogP contribution is -2.26. The van der Waals surface area contributed by atoms with Crippen molar-refractivity contribution in [3.05, 3.63) is 28.3 Å². The van der Waals surface area contributed by atoms with E-state index in [9.17, 15) is 10.1 Å². The summed E-state index contributed by atoms with van der Waals surface area (Å²) in [6, 6.07) is 4.99. The number of nitro groups is 1. The van der Waals surface area contributed by atoms with Gasteiger partial charge in [-0.15, -0.1) is 0 Å². The number of nitrogens with one attached hydrogen (secondary N) is 1. The van der Waals surface area contributed by atoms with Gasteiger partial charge in [-0.3, -0.25) is 10.1 Å². The first-order valence-corrected chi connectivity index (χ1v) is 7.26. The Morgan fingerprint density at radius 1 is 1.38 bits per heavy atom. The lowest BCUT2D eigenvalue weighted by Gasteiger charge is -2.21. The summed E-state index contributed by atoms with van der Waals surface area (Å²) in [5.74, 6) is 0.940. The highest BCUT2D eigenvalue weighted by Crippen LogP contribution is 2.28. The Bertz CT molecular complexity index is 498. The molecule has 1 saturated heterocycles. The molecule has 0 amide bonds. The molecule has 0 radical (unpaired) electrons. The summed E-state index contributed by atoms with van der Waals surface area (Å²) in [7, 11) is 0. The third kappa shape index (κ3) is 4.32. The number of ether oxygens (including phenoxy) is 2. The van der Waals surface area contributed by atoms with Crippen molar-refractivity contribution in [2.45, 2.75) is 39.3 Å². The van der Waals surface area contributed by atoms with Crippen molar-refractivity contribution in [1.82, 2.24) is 0 Å². The Morgan fingerprint density at radius 3 is 2.71 bits per heavy atom. The van der Waals surface area contributed by atoms with Crippen molar-refractivity contribution in [3.63, 3.8) is 0 Å². The number of benzene rings is 1. The molecule has 2 rings (SSSR count). The first-order valence-electron chi connectivity index (χ1n) is 7.26. The molecule has 1 fully saturated rings. The van der Waals surface area contributed by atoms with E-state index < -0.39 is 4.92 Å². The monoisotopic (exact) mass is 294 g/mol. The van der Waals surface area contributed by atoms with E-state index in [-0.39, 0.29) is 17.8 Å². The molecule has 2 unspecified atom stereocenters. The predicted octanol–water partition coefficient (Wildman–Crippen LogP) is 3.22. The number of nitro benzene ring substituents is 1. The lowest BCUT2D eigenvalue weighted by molar-refractivity contribution is -0.384. The standard InChI is InChI=1S/C15H22N2O4/c1-10(2)21-15-7-13(6-14(8-15)17(18)19)16-11(3)12-4-5-20-9-12/h6-8,10-12,16H,4-5,9H2,1-3H3. The second kappa shape index (κ2) is 6.76. The maximum absolute atomic E-state index is 11.0. The average molecular weight is 294 g/mol. The number of hydrogen-bond acceptors (Lipinski definition) is 5. The van der Waals surface area contributed by atoms with Crippen LogP contribution in [0.4, 0.5) is 11.4 Å². The van der Waals surface area contributed by atoms with Crippen LogP contribution in [0, 0.1) is 16.0 Å². The minimum absolute atomic E-state index is 0.0273. The third-order valence-corrected chi connectivity index (χ3v) is 3.54. The van der Waals surface area contributed by atoms with Crippen LogP contribution in [-0.2, 0) is 4.74 Å². The molecule has 0 spiro atoms. The van der Waals surface area contributed by atoms with Crippen molar-refractivity contribution in [1.29, 1.82) is 0 Å². The van der Waals surface area contributed by atoms with Crippen molar-refractivity contribution >= 4 is 11.4 Å². The quantitative estimate of drug-likeness (QED) is 0.644. The van der Waals surface area contributed by atoms with Gasteiger partial charge < -0.3 is 14.8 Å². The summed E-state index contributed by atoms with van der Waals surface area (Å²) >= 11 is 0. The van der Waals surface area contributed by atoms with Crippen LogP contribution >= 0.6 is 0 Å². The van der Waals surface area contributed by atoms with E-state index >= 15 is 0 Å². The normalized spacial score (nSPS) is 19.5. The van der Waals surface area contributed by atoms with Crippen LogP contribution in [-0.4, -0.2) is 30.3 Å². The van der Waals surface area contributed by atoms with E-state index in [1.54, 1.807) is 12.1 Å². The van der Waals surface area contributed by atoms with Crippen LogP contribution in [0.1, 0.15) is 27.2 Å². The van der Waals surface area contributed by atoms with Crippen LogP contribution in [0.2, 0.25) is 0 Å². The number of rotatable bonds is 6. The Hall–Kier alpha value is -1.82. The van der Waals surface area contributed by atoms with Gasteiger partial charge in [0.25, 0.3) is 5.69 Å². The molecule has 1 aliphatic heterocycles. The van der Waals surface area contributed by atoms with E-state index in [1.807, 2.05) is 13.8 Å². The second-order valence-corrected chi connectivity index (χ2v) is 5.70. The minimum atomic E-state index is -0.401. The van der Waals surface area contributed by atoms with Gasteiger partial charge in [-0.2, -0.15) is 0 Å². The fraction of sp³-hybridized carbons (Fsp3) is 0.600. The minimum Gasteiger partial charge on any atom is -0.491 e. The highest BCUT2D eigenvalue weighted by Gasteiger charge is 2.23. The molecular weight excluding hydrogens is 272 g/mol. The largest absolute Gasteiger partial charge is 0.491 e. The van der Waals surface area contributed by atoms with Gasteiger partial charge in [-0.05, 0) is 27.2 Å². The fourth-order valence-electron chi connectivity index (χ4n) is 2.44. The van der Waals surface area contributed by atoms with Crippen LogP contribution in [0.25, 0.3) is 0 Å². The van der Waals surface area contributed by atoms with E-state index in [1.165, 1.54) is 6.07 Å². The molecule has 0 aliphatic carbocycles. The van der Waals surface area contributed by atoms with Gasteiger partial charge in [-0.1, -0.05) is 0 Å². The van der Waals surface area contributed by atoms with Crippen LogP contribution in [0.3, 0.4) is 0 Å². The fourth-order valence-corrected chi connectivity index (χ4v) is 2.44. The molecule has 6 heteroatoms. The topological polar surface area (TPSA) is 73.6 Å². The van der Waals surface area contributed by atoms with Crippen molar-refractivity contribution in [2.75, 3.05) is 18.5 Å². The van der Waals surface area contributed by atoms with Gasteiger partial charge >= 0.3 is 0 Å². The summed E-state index contributed by atoms with van der Waals surface area (Å²) in [5, 5.41) is 14.4. The first kappa shape index (κ1) is 15.6. The van der Waals surface area contributed by atoms with Gasteiger partial charge in [0.15, 0.2) is 0 Å². The molecule has 6 nitrogen and oxygen atoms in total. The summed E-state index contributed by atoms with van der Waals surface area (Å²) in [6.07, 6.45) is 0.985. The number of anilines is 1. The molecule has 0 saturated carbocycles. The maximum atomic E-state index is 11.0. The summed E-state index contributed by atoms with van der Waals surface area (Å²) in [5.41, 5.74) is 0.741. The van der Waals surface area contributed by atoms with Gasteiger partial charge in [0.1, 0.15) is 5.75 Å². The van der Waals surface area contributed by atoms with Crippen molar-refractivity contribution < 1.29 is 14.4 Å².